The Bertz CT molecular complexity index is 756. The maximum Gasteiger partial charge on any atom is 0.101 e. The highest BCUT2D eigenvalue weighted by Gasteiger charge is 2.07. The third-order valence-corrected chi connectivity index (χ3v) is 3.75. The summed E-state index contributed by atoms with van der Waals surface area (Å²) in [6, 6.07) is 13.9. The molecule has 2 rings (SSSR count). The van der Waals surface area contributed by atoms with E-state index in [0.29, 0.717) is 5.56 Å². The fraction of sp³-hybridized carbons (Fsp3) is 0.263. The number of benzene rings is 2. The molecule has 4 nitrogen and oxygen atoms in total. The summed E-state index contributed by atoms with van der Waals surface area (Å²) >= 11 is 0. The molecule has 0 aliphatic rings. The number of rotatable bonds is 5. The zero-order valence-electron chi connectivity index (χ0n) is 14.1. The van der Waals surface area contributed by atoms with Gasteiger partial charge in [-0.25, -0.2) is 4.99 Å². The van der Waals surface area contributed by atoms with Gasteiger partial charge in [0.2, 0.25) is 0 Å². The lowest BCUT2D eigenvalue weighted by molar-refractivity contribution is 0.552. The number of hydrogen-bond acceptors (Lipinski definition) is 3. The Kier molecular flexibility index (Phi) is 5.37. The SMILES string of the molecule is CCN(C)C=Nc1cc(C)c(Nc2ccccc2C#N)cc1C. The summed E-state index contributed by atoms with van der Waals surface area (Å²) in [6.45, 7) is 7.09. The van der Waals surface area contributed by atoms with E-state index in [0.717, 1.165) is 34.7 Å². The molecule has 0 heterocycles. The van der Waals surface area contributed by atoms with Gasteiger partial charge in [0, 0.05) is 19.3 Å². The lowest BCUT2D eigenvalue weighted by Gasteiger charge is -2.14. The summed E-state index contributed by atoms with van der Waals surface area (Å²) in [6.07, 6.45) is 1.85. The maximum atomic E-state index is 9.20. The van der Waals surface area contributed by atoms with E-state index in [-0.39, 0.29) is 0 Å². The number of nitriles is 1. The average molecular weight is 306 g/mol. The molecular formula is C19H22N4. The van der Waals surface area contributed by atoms with Crippen LogP contribution in [0.15, 0.2) is 41.4 Å². The van der Waals surface area contributed by atoms with Gasteiger partial charge >= 0.3 is 0 Å². The molecule has 0 saturated heterocycles. The van der Waals surface area contributed by atoms with Crippen LogP contribution in [0.25, 0.3) is 0 Å². The van der Waals surface area contributed by atoms with Crippen molar-refractivity contribution in [2.24, 2.45) is 4.99 Å². The van der Waals surface area contributed by atoms with Gasteiger partial charge in [-0.2, -0.15) is 5.26 Å². The molecule has 0 bridgehead atoms. The van der Waals surface area contributed by atoms with Crippen molar-refractivity contribution in [2.45, 2.75) is 20.8 Å². The highest BCUT2D eigenvalue weighted by atomic mass is 15.1. The number of aliphatic imine (C=N–C) groups is 1. The minimum atomic E-state index is 0.635. The molecule has 1 N–H and O–H groups in total. The smallest absolute Gasteiger partial charge is 0.101 e. The largest absolute Gasteiger partial charge is 0.366 e. The predicted octanol–water partition coefficient (Wildman–Crippen LogP) is 4.53. The van der Waals surface area contributed by atoms with Gasteiger partial charge in [-0.3, -0.25) is 0 Å². The minimum absolute atomic E-state index is 0.635. The molecule has 23 heavy (non-hydrogen) atoms. The van der Waals surface area contributed by atoms with Crippen LogP contribution < -0.4 is 5.32 Å². The van der Waals surface area contributed by atoms with E-state index in [4.69, 9.17) is 0 Å². The second-order valence-corrected chi connectivity index (χ2v) is 5.55. The Morgan fingerprint density at radius 2 is 1.91 bits per heavy atom. The summed E-state index contributed by atoms with van der Waals surface area (Å²) < 4.78 is 0. The van der Waals surface area contributed by atoms with Crippen molar-refractivity contribution in [3.05, 3.63) is 53.1 Å². The van der Waals surface area contributed by atoms with Crippen molar-refractivity contribution < 1.29 is 0 Å². The minimum Gasteiger partial charge on any atom is -0.366 e. The van der Waals surface area contributed by atoms with Crippen LogP contribution in [0.2, 0.25) is 0 Å². The normalized spacial score (nSPS) is 10.6. The molecule has 118 valence electrons. The number of nitrogens with zero attached hydrogens (tertiary/aromatic N) is 3. The lowest BCUT2D eigenvalue weighted by atomic mass is 10.1. The van der Waals surface area contributed by atoms with E-state index in [1.165, 1.54) is 0 Å². The fourth-order valence-electron chi connectivity index (χ4n) is 2.15. The van der Waals surface area contributed by atoms with Crippen molar-refractivity contribution >= 4 is 23.4 Å². The zero-order valence-corrected chi connectivity index (χ0v) is 14.1. The summed E-state index contributed by atoms with van der Waals surface area (Å²) in [7, 11) is 2.00. The molecular weight excluding hydrogens is 284 g/mol. The molecule has 0 unspecified atom stereocenters. The lowest BCUT2D eigenvalue weighted by Crippen LogP contribution is -2.14. The Morgan fingerprint density at radius 1 is 1.17 bits per heavy atom. The Balaban J connectivity index is 2.30. The summed E-state index contributed by atoms with van der Waals surface area (Å²) in [5, 5.41) is 12.5. The van der Waals surface area contributed by atoms with Crippen molar-refractivity contribution in [1.82, 2.24) is 4.90 Å². The highest BCUT2D eigenvalue weighted by Crippen LogP contribution is 2.29. The summed E-state index contributed by atoms with van der Waals surface area (Å²) in [4.78, 5) is 6.57. The molecule has 0 atom stereocenters. The predicted molar refractivity (Wildman–Crippen MR) is 96.8 cm³/mol. The number of anilines is 2. The van der Waals surface area contributed by atoms with Gasteiger partial charge < -0.3 is 10.2 Å². The average Bonchev–Trinajstić information content (AvgIpc) is 2.56. The van der Waals surface area contributed by atoms with Gasteiger partial charge in [0.25, 0.3) is 0 Å². The Hall–Kier alpha value is -2.80. The standard InChI is InChI=1S/C19H22N4/c1-5-23(4)13-21-18-10-15(3)19(11-14(18)2)22-17-9-7-6-8-16(17)12-20/h6-11,13,22H,5H2,1-4H3. The molecule has 0 amide bonds. The Labute approximate surface area is 138 Å². The number of nitrogens with one attached hydrogen (secondary N) is 1. The summed E-state index contributed by atoms with van der Waals surface area (Å²) in [5.74, 6) is 0. The quantitative estimate of drug-likeness (QED) is 0.652. The van der Waals surface area contributed by atoms with E-state index in [1.54, 1.807) is 0 Å². The molecule has 2 aromatic carbocycles. The molecule has 0 fully saturated rings. The molecule has 0 aliphatic carbocycles. The number of aryl methyl sites for hydroxylation is 2. The van der Waals surface area contributed by atoms with Crippen molar-refractivity contribution in [1.29, 1.82) is 5.26 Å². The Morgan fingerprint density at radius 3 is 2.61 bits per heavy atom. The first-order chi connectivity index (χ1) is 11.0. The molecule has 0 aliphatic heterocycles. The second-order valence-electron chi connectivity index (χ2n) is 5.55. The van der Waals surface area contributed by atoms with Crippen molar-refractivity contribution in [3.63, 3.8) is 0 Å². The van der Waals surface area contributed by atoms with Crippen molar-refractivity contribution in [3.8, 4) is 6.07 Å². The van der Waals surface area contributed by atoms with Gasteiger partial charge in [-0.05, 0) is 56.2 Å². The van der Waals surface area contributed by atoms with Crippen LogP contribution in [0, 0.1) is 25.2 Å². The topological polar surface area (TPSA) is 51.4 Å². The van der Waals surface area contributed by atoms with E-state index >= 15 is 0 Å². The van der Waals surface area contributed by atoms with E-state index < -0.39 is 0 Å². The third-order valence-electron chi connectivity index (χ3n) is 3.75. The second kappa shape index (κ2) is 7.46. The van der Waals surface area contributed by atoms with Crippen LogP contribution in [0.4, 0.5) is 17.1 Å². The van der Waals surface area contributed by atoms with Crippen LogP contribution in [-0.2, 0) is 0 Å². The first kappa shape index (κ1) is 16.6. The zero-order chi connectivity index (χ0) is 16.8. The fourth-order valence-corrected chi connectivity index (χ4v) is 2.15. The molecule has 0 spiro atoms. The van der Waals surface area contributed by atoms with E-state index in [1.807, 2.05) is 56.4 Å². The van der Waals surface area contributed by atoms with E-state index in [9.17, 15) is 5.26 Å². The van der Waals surface area contributed by atoms with Gasteiger partial charge in [0.15, 0.2) is 0 Å². The van der Waals surface area contributed by atoms with Crippen LogP contribution in [0.3, 0.4) is 0 Å². The number of hydrogen-bond donors (Lipinski definition) is 1. The summed E-state index contributed by atoms with van der Waals surface area (Å²) in [5.41, 5.74) is 5.59. The van der Waals surface area contributed by atoms with Crippen LogP contribution in [-0.4, -0.2) is 24.8 Å². The highest BCUT2D eigenvalue weighted by molar-refractivity contribution is 5.72. The van der Waals surface area contributed by atoms with Gasteiger partial charge in [-0.1, -0.05) is 12.1 Å². The van der Waals surface area contributed by atoms with Crippen LogP contribution in [0.5, 0.6) is 0 Å². The molecule has 4 heteroatoms. The van der Waals surface area contributed by atoms with Crippen molar-refractivity contribution in [2.75, 3.05) is 18.9 Å². The molecule has 0 saturated carbocycles. The third kappa shape index (κ3) is 4.10. The first-order valence-corrected chi connectivity index (χ1v) is 7.67. The van der Waals surface area contributed by atoms with Gasteiger partial charge in [0.1, 0.15) is 6.07 Å². The monoisotopic (exact) mass is 306 g/mol. The van der Waals surface area contributed by atoms with Crippen LogP contribution in [0.1, 0.15) is 23.6 Å². The molecule has 0 radical (unpaired) electrons. The van der Waals surface area contributed by atoms with Gasteiger partial charge in [-0.15, -0.1) is 0 Å². The molecule has 2 aromatic rings. The van der Waals surface area contributed by atoms with Crippen LogP contribution >= 0.6 is 0 Å². The first-order valence-electron chi connectivity index (χ1n) is 7.67. The molecule has 0 aromatic heterocycles. The maximum absolute atomic E-state index is 9.20. The number of para-hydroxylation sites is 1. The van der Waals surface area contributed by atoms with E-state index in [2.05, 4.69) is 35.4 Å². The van der Waals surface area contributed by atoms with Gasteiger partial charge in [0.05, 0.1) is 23.3 Å².